The van der Waals surface area contributed by atoms with Gasteiger partial charge in [0.25, 0.3) is 0 Å². The third-order valence-corrected chi connectivity index (χ3v) is 13.5. The number of nitrogens with zero attached hydrogens (tertiary/aromatic N) is 2. The van der Waals surface area contributed by atoms with E-state index in [2.05, 4.69) is 252 Å². The van der Waals surface area contributed by atoms with Gasteiger partial charge in [-0.3, -0.25) is 0 Å². The molecule has 10 aromatic carbocycles. The van der Waals surface area contributed by atoms with E-state index in [4.69, 9.17) is 0 Å². The molecule has 3 heteroatoms. The van der Waals surface area contributed by atoms with E-state index in [0.717, 1.165) is 22.6 Å². The van der Waals surface area contributed by atoms with Crippen LogP contribution in [-0.2, 0) is 0 Å². The summed E-state index contributed by atoms with van der Waals surface area (Å²) in [5.41, 5.74) is 16.4. The lowest BCUT2D eigenvalue weighted by Crippen LogP contribution is -2.10. The minimum atomic E-state index is 1.10. The highest BCUT2D eigenvalue weighted by Gasteiger charge is 2.18. The first-order valence-electron chi connectivity index (χ1n) is 21.5. The number of aromatic nitrogens is 1. The first kappa shape index (κ1) is 36.8. The average Bonchev–Trinajstić information content (AvgIpc) is 3.90. The first-order valence-corrected chi connectivity index (χ1v) is 22.3. The summed E-state index contributed by atoms with van der Waals surface area (Å²) in [5.74, 6) is 0. The molecule has 12 rings (SSSR count). The Morgan fingerprint density at radius 2 is 0.778 bits per heavy atom. The fourth-order valence-corrected chi connectivity index (χ4v) is 10.4. The second kappa shape index (κ2) is 15.5. The number of fused-ring (bicyclic) bond motifs is 6. The topological polar surface area (TPSA) is 8.17 Å². The van der Waals surface area contributed by atoms with Crippen LogP contribution in [-0.4, -0.2) is 4.57 Å². The Hall–Kier alpha value is -7.98. The van der Waals surface area contributed by atoms with Crippen molar-refractivity contribution in [2.45, 2.75) is 0 Å². The van der Waals surface area contributed by atoms with E-state index < -0.39 is 0 Å². The van der Waals surface area contributed by atoms with Crippen LogP contribution in [0.25, 0.3) is 92.2 Å². The minimum Gasteiger partial charge on any atom is -0.310 e. The molecule has 12 aromatic rings. The molecule has 2 heterocycles. The van der Waals surface area contributed by atoms with Crippen molar-refractivity contribution < 1.29 is 0 Å². The Morgan fingerprint density at radius 1 is 0.270 bits per heavy atom. The van der Waals surface area contributed by atoms with Gasteiger partial charge in [-0.1, -0.05) is 158 Å². The number of thiophene rings is 1. The standard InChI is InChI=1S/C60H40N2S/c1-4-15-41(16-5-1)47-35-48(42-17-6-2-7-18-42)38-52(37-47)61(49-20-8-3-9-21-49)50-22-14-19-45(36-50)43-27-29-44(30-28-43)46-31-33-58-55(39-46)53-23-10-12-25-57(53)62(58)51-32-34-60-56(40-51)54-24-11-13-26-59(54)63-60/h1-40H. The largest absolute Gasteiger partial charge is 0.310 e. The summed E-state index contributed by atoms with van der Waals surface area (Å²) in [6, 6.07) is 88.4. The van der Waals surface area contributed by atoms with E-state index in [1.165, 1.54) is 86.6 Å². The van der Waals surface area contributed by atoms with Gasteiger partial charge in [0.05, 0.1) is 11.0 Å². The molecule has 296 valence electrons. The Kier molecular flexibility index (Phi) is 9.06. The molecule has 0 atom stereocenters. The monoisotopic (exact) mass is 820 g/mol. The highest BCUT2D eigenvalue weighted by atomic mass is 32.1. The van der Waals surface area contributed by atoms with Crippen LogP contribution in [0.1, 0.15) is 0 Å². The van der Waals surface area contributed by atoms with Crippen molar-refractivity contribution in [3.05, 3.63) is 243 Å². The number of hydrogen-bond acceptors (Lipinski definition) is 2. The molecule has 0 fully saturated rings. The first-order chi connectivity index (χ1) is 31.2. The van der Waals surface area contributed by atoms with E-state index in [9.17, 15) is 0 Å². The fourth-order valence-electron chi connectivity index (χ4n) is 9.32. The van der Waals surface area contributed by atoms with E-state index in [1.807, 2.05) is 11.3 Å². The lowest BCUT2D eigenvalue weighted by atomic mass is 9.96. The SMILES string of the molecule is c1ccc(-c2cc(-c3ccccc3)cc(N(c3ccccc3)c3cccc(-c4ccc(-c5ccc6c(c5)c5ccccc5n6-c5ccc6sc7ccccc7c6c5)cc4)c3)c2)cc1. The second-order valence-electron chi connectivity index (χ2n) is 16.2. The molecule has 0 spiro atoms. The average molecular weight is 821 g/mol. The summed E-state index contributed by atoms with van der Waals surface area (Å²) >= 11 is 1.86. The summed E-state index contributed by atoms with van der Waals surface area (Å²) in [6.07, 6.45) is 0. The van der Waals surface area contributed by atoms with Crippen LogP contribution in [0.4, 0.5) is 17.1 Å². The number of anilines is 3. The van der Waals surface area contributed by atoms with Gasteiger partial charge in [-0.05, 0) is 129 Å². The summed E-state index contributed by atoms with van der Waals surface area (Å²) in [4.78, 5) is 2.38. The second-order valence-corrected chi connectivity index (χ2v) is 17.2. The van der Waals surface area contributed by atoms with Gasteiger partial charge in [0.15, 0.2) is 0 Å². The lowest BCUT2D eigenvalue weighted by molar-refractivity contribution is 1.19. The number of benzene rings is 10. The quantitative estimate of drug-likeness (QED) is 0.148. The fraction of sp³-hybridized carbons (Fsp3) is 0. The lowest BCUT2D eigenvalue weighted by Gasteiger charge is -2.27. The third-order valence-electron chi connectivity index (χ3n) is 12.4. The van der Waals surface area contributed by atoms with Crippen LogP contribution in [0.15, 0.2) is 243 Å². The zero-order valence-electron chi connectivity index (χ0n) is 34.4. The van der Waals surface area contributed by atoms with Gasteiger partial charge < -0.3 is 9.47 Å². The number of hydrogen-bond donors (Lipinski definition) is 0. The Bertz CT molecular complexity index is 3550. The predicted molar refractivity (Wildman–Crippen MR) is 270 cm³/mol. The summed E-state index contributed by atoms with van der Waals surface area (Å²) in [6.45, 7) is 0. The van der Waals surface area contributed by atoms with Crippen LogP contribution < -0.4 is 4.90 Å². The van der Waals surface area contributed by atoms with E-state index in [0.29, 0.717) is 0 Å². The zero-order chi connectivity index (χ0) is 41.7. The van der Waals surface area contributed by atoms with Gasteiger partial charge in [0, 0.05) is 53.7 Å². The molecular formula is C60H40N2S. The van der Waals surface area contributed by atoms with Crippen LogP contribution >= 0.6 is 11.3 Å². The van der Waals surface area contributed by atoms with E-state index >= 15 is 0 Å². The highest BCUT2D eigenvalue weighted by molar-refractivity contribution is 7.25. The van der Waals surface area contributed by atoms with Crippen molar-refractivity contribution in [3.8, 4) is 50.2 Å². The third kappa shape index (κ3) is 6.67. The zero-order valence-corrected chi connectivity index (χ0v) is 35.2. The molecule has 0 saturated heterocycles. The molecule has 0 aliphatic carbocycles. The Labute approximate surface area is 370 Å². The molecule has 0 amide bonds. The van der Waals surface area contributed by atoms with Gasteiger partial charge in [0.1, 0.15) is 0 Å². The van der Waals surface area contributed by atoms with E-state index in [-0.39, 0.29) is 0 Å². The van der Waals surface area contributed by atoms with Gasteiger partial charge in [0.2, 0.25) is 0 Å². The van der Waals surface area contributed by atoms with Crippen LogP contribution in [0.3, 0.4) is 0 Å². The Morgan fingerprint density at radius 3 is 1.49 bits per heavy atom. The van der Waals surface area contributed by atoms with Gasteiger partial charge >= 0.3 is 0 Å². The molecule has 0 radical (unpaired) electrons. The molecule has 0 aliphatic heterocycles. The van der Waals surface area contributed by atoms with Crippen molar-refractivity contribution in [1.82, 2.24) is 4.57 Å². The normalized spacial score (nSPS) is 11.5. The van der Waals surface area contributed by atoms with Gasteiger partial charge in [-0.2, -0.15) is 0 Å². The van der Waals surface area contributed by atoms with Crippen molar-refractivity contribution in [2.75, 3.05) is 4.90 Å². The molecule has 0 N–H and O–H groups in total. The molecular weight excluding hydrogens is 781 g/mol. The Balaban J connectivity index is 0.914. The molecule has 0 bridgehead atoms. The predicted octanol–water partition coefficient (Wildman–Crippen LogP) is 17.3. The van der Waals surface area contributed by atoms with Crippen molar-refractivity contribution >= 4 is 70.4 Å². The molecule has 0 aliphatic rings. The molecule has 0 unspecified atom stereocenters. The highest BCUT2D eigenvalue weighted by Crippen LogP contribution is 2.42. The maximum absolute atomic E-state index is 2.43. The van der Waals surface area contributed by atoms with Gasteiger partial charge in [-0.25, -0.2) is 0 Å². The minimum absolute atomic E-state index is 1.10. The van der Waals surface area contributed by atoms with E-state index in [1.54, 1.807) is 0 Å². The van der Waals surface area contributed by atoms with Crippen LogP contribution in [0, 0.1) is 0 Å². The van der Waals surface area contributed by atoms with Crippen molar-refractivity contribution in [2.24, 2.45) is 0 Å². The summed E-state index contributed by atoms with van der Waals surface area (Å²) in [5, 5.41) is 5.13. The van der Waals surface area contributed by atoms with Crippen molar-refractivity contribution in [3.63, 3.8) is 0 Å². The molecule has 63 heavy (non-hydrogen) atoms. The summed E-state index contributed by atoms with van der Waals surface area (Å²) < 4.78 is 5.07. The molecule has 2 aromatic heterocycles. The number of para-hydroxylation sites is 2. The summed E-state index contributed by atoms with van der Waals surface area (Å²) in [7, 11) is 0. The van der Waals surface area contributed by atoms with Crippen LogP contribution in [0.5, 0.6) is 0 Å². The number of rotatable bonds is 8. The van der Waals surface area contributed by atoms with Gasteiger partial charge in [-0.15, -0.1) is 11.3 Å². The molecule has 2 nitrogen and oxygen atoms in total. The maximum Gasteiger partial charge on any atom is 0.0541 e. The maximum atomic E-state index is 2.43. The van der Waals surface area contributed by atoms with Crippen molar-refractivity contribution in [1.29, 1.82) is 0 Å². The van der Waals surface area contributed by atoms with Crippen LogP contribution in [0.2, 0.25) is 0 Å². The molecule has 0 saturated carbocycles. The smallest absolute Gasteiger partial charge is 0.0541 e.